The first-order valence-corrected chi connectivity index (χ1v) is 15.5. The van der Waals surface area contributed by atoms with Gasteiger partial charge in [-0.15, -0.1) is 0 Å². The van der Waals surface area contributed by atoms with E-state index < -0.39 is 0 Å². The second kappa shape index (κ2) is 14.8. The summed E-state index contributed by atoms with van der Waals surface area (Å²) in [6.45, 7) is 6.00. The van der Waals surface area contributed by atoms with Crippen LogP contribution in [0.2, 0.25) is 5.02 Å². The summed E-state index contributed by atoms with van der Waals surface area (Å²) >= 11 is 6.78. The number of benzene rings is 3. The molecule has 0 atom stereocenters. The number of halogens is 1. The number of nitriles is 1. The highest BCUT2D eigenvalue weighted by molar-refractivity contribution is 6.32. The maximum atomic E-state index is 9.28. The molecule has 234 valence electrons. The highest BCUT2D eigenvalue weighted by atomic mass is 35.5. The van der Waals surface area contributed by atoms with Gasteiger partial charge in [0.1, 0.15) is 44.0 Å². The molecule has 1 N–H and O–H groups in total. The molecule has 5 aromatic rings. The van der Waals surface area contributed by atoms with E-state index in [9.17, 15) is 5.26 Å². The van der Waals surface area contributed by atoms with Gasteiger partial charge in [-0.2, -0.15) is 5.26 Å². The molecule has 0 amide bonds. The Kier molecular flexibility index (Phi) is 9.98. The van der Waals surface area contributed by atoms with Crippen LogP contribution in [-0.2, 0) is 26.3 Å². The number of nitrogens with zero attached hydrogens (tertiary/aromatic N) is 4. The van der Waals surface area contributed by atoms with Crippen LogP contribution in [0.5, 0.6) is 23.0 Å². The van der Waals surface area contributed by atoms with Crippen molar-refractivity contribution in [3.8, 4) is 40.2 Å². The van der Waals surface area contributed by atoms with E-state index in [4.69, 9.17) is 30.5 Å². The van der Waals surface area contributed by atoms with Crippen molar-refractivity contribution in [1.29, 1.82) is 5.26 Å². The monoisotopic (exact) mass is 635 g/mol. The first-order valence-electron chi connectivity index (χ1n) is 15.1. The molecular weight excluding hydrogens is 602 g/mol. The number of aryl methyl sites for hydroxylation is 1. The molecule has 3 heterocycles. The quantitative estimate of drug-likeness (QED) is 0.140. The Morgan fingerprint density at radius 3 is 2.67 bits per heavy atom. The molecule has 0 radical (unpaired) electrons. The Balaban J connectivity index is 1.17. The van der Waals surface area contributed by atoms with E-state index in [-0.39, 0.29) is 6.61 Å². The Labute approximate surface area is 273 Å². The number of ether oxygens (including phenoxy) is 4. The van der Waals surface area contributed by atoms with Crippen molar-refractivity contribution in [2.75, 3.05) is 19.8 Å². The third kappa shape index (κ3) is 7.60. The van der Waals surface area contributed by atoms with Crippen LogP contribution >= 0.6 is 11.6 Å². The topological polar surface area (TPSA) is 103 Å². The maximum Gasteiger partial charge on any atom is 0.161 e. The average Bonchev–Trinajstić information content (AvgIpc) is 3.61. The zero-order chi connectivity index (χ0) is 31.7. The predicted molar refractivity (Wildman–Crippen MR) is 175 cm³/mol. The van der Waals surface area contributed by atoms with Crippen molar-refractivity contribution >= 4 is 11.6 Å². The minimum Gasteiger partial charge on any atom is -0.488 e. The normalized spacial score (nSPS) is 12.0. The van der Waals surface area contributed by atoms with Gasteiger partial charge < -0.3 is 28.8 Å². The lowest BCUT2D eigenvalue weighted by atomic mass is 9.96. The van der Waals surface area contributed by atoms with E-state index in [2.05, 4.69) is 45.0 Å². The van der Waals surface area contributed by atoms with Crippen molar-refractivity contribution in [3.05, 3.63) is 119 Å². The highest BCUT2D eigenvalue weighted by Gasteiger charge is 2.16. The summed E-state index contributed by atoms with van der Waals surface area (Å²) < 4.78 is 26.1. The van der Waals surface area contributed by atoms with E-state index in [0.29, 0.717) is 48.5 Å². The molecule has 1 aliphatic heterocycles. The lowest BCUT2D eigenvalue weighted by molar-refractivity contribution is 0.171. The summed E-state index contributed by atoms with van der Waals surface area (Å²) in [6, 6.07) is 19.8. The van der Waals surface area contributed by atoms with E-state index >= 15 is 0 Å². The van der Waals surface area contributed by atoms with Gasteiger partial charge in [-0.25, -0.2) is 4.98 Å². The van der Waals surface area contributed by atoms with Crippen molar-refractivity contribution in [2.24, 2.45) is 0 Å². The number of rotatable bonds is 13. The van der Waals surface area contributed by atoms with E-state index in [1.807, 2.05) is 48.9 Å². The Bertz CT molecular complexity index is 1840. The first kappa shape index (κ1) is 31.0. The molecule has 46 heavy (non-hydrogen) atoms. The Hall–Kier alpha value is -5.04. The Morgan fingerprint density at radius 1 is 0.957 bits per heavy atom. The zero-order valence-corrected chi connectivity index (χ0v) is 26.3. The predicted octanol–water partition coefficient (Wildman–Crippen LogP) is 6.89. The lowest BCUT2D eigenvalue weighted by Gasteiger charge is -2.20. The summed E-state index contributed by atoms with van der Waals surface area (Å²) in [5, 5.41) is 13.3. The largest absolute Gasteiger partial charge is 0.488 e. The number of hydrogen-bond donors (Lipinski definition) is 1. The number of imidazole rings is 1. The molecule has 0 saturated carbocycles. The summed E-state index contributed by atoms with van der Waals surface area (Å²) in [5.74, 6) is 2.69. The summed E-state index contributed by atoms with van der Waals surface area (Å²) in [6.07, 6.45) is 9.72. The second-order valence-electron chi connectivity index (χ2n) is 10.9. The van der Waals surface area contributed by atoms with Crippen LogP contribution in [0, 0.1) is 18.3 Å². The fraction of sp³-hybridized carbons (Fsp3) is 0.250. The molecule has 1 aliphatic rings. The van der Waals surface area contributed by atoms with Crippen LogP contribution in [0.3, 0.4) is 0 Å². The molecule has 2 aromatic heterocycles. The second-order valence-corrected chi connectivity index (χ2v) is 11.3. The van der Waals surface area contributed by atoms with Gasteiger partial charge in [0.05, 0.1) is 16.9 Å². The molecule has 0 saturated heterocycles. The fourth-order valence-electron chi connectivity index (χ4n) is 5.30. The molecule has 10 heteroatoms. The van der Waals surface area contributed by atoms with Crippen molar-refractivity contribution in [3.63, 3.8) is 0 Å². The SMILES string of the molecule is Cc1c(COc2cc(OCc3cncc(C#N)c3)c(CNCCCn3ccnc3)cc2Cl)cccc1-c1ccc2c(c1)OCCO2. The molecule has 0 fully saturated rings. The zero-order valence-electron chi connectivity index (χ0n) is 25.5. The number of pyridine rings is 1. The van der Waals surface area contributed by atoms with Gasteiger partial charge in [-0.3, -0.25) is 4.98 Å². The maximum absolute atomic E-state index is 9.28. The fourth-order valence-corrected chi connectivity index (χ4v) is 5.54. The molecule has 0 unspecified atom stereocenters. The van der Waals surface area contributed by atoms with Gasteiger partial charge in [0.25, 0.3) is 0 Å². The molecule has 6 rings (SSSR count). The van der Waals surface area contributed by atoms with E-state index in [0.717, 1.165) is 64.4 Å². The van der Waals surface area contributed by atoms with Crippen LogP contribution in [0.25, 0.3) is 11.1 Å². The van der Waals surface area contributed by atoms with Crippen LogP contribution in [-0.4, -0.2) is 34.3 Å². The van der Waals surface area contributed by atoms with Crippen molar-refractivity contribution in [1.82, 2.24) is 19.9 Å². The highest BCUT2D eigenvalue weighted by Crippen LogP contribution is 2.37. The minimum absolute atomic E-state index is 0.244. The number of hydrogen-bond acceptors (Lipinski definition) is 8. The summed E-state index contributed by atoms with van der Waals surface area (Å²) in [4.78, 5) is 8.25. The minimum atomic E-state index is 0.244. The van der Waals surface area contributed by atoms with Crippen LogP contribution in [0.4, 0.5) is 0 Å². The molecule has 3 aromatic carbocycles. The lowest BCUT2D eigenvalue weighted by Crippen LogP contribution is -2.17. The molecular formula is C36H34ClN5O4. The van der Waals surface area contributed by atoms with Crippen LogP contribution in [0.1, 0.15) is 34.2 Å². The molecule has 0 spiro atoms. The van der Waals surface area contributed by atoms with E-state index in [1.54, 1.807) is 18.5 Å². The van der Waals surface area contributed by atoms with Gasteiger partial charge in [0, 0.05) is 55.1 Å². The first-order chi connectivity index (χ1) is 22.6. The molecule has 0 bridgehead atoms. The summed E-state index contributed by atoms with van der Waals surface area (Å²) in [5.41, 5.74) is 6.46. The van der Waals surface area contributed by atoms with E-state index in [1.165, 1.54) is 6.20 Å². The van der Waals surface area contributed by atoms with Crippen LogP contribution in [0.15, 0.2) is 85.7 Å². The number of aromatic nitrogens is 3. The third-order valence-corrected chi connectivity index (χ3v) is 8.06. The van der Waals surface area contributed by atoms with Gasteiger partial charge in [0.2, 0.25) is 0 Å². The molecule has 9 nitrogen and oxygen atoms in total. The summed E-state index contributed by atoms with van der Waals surface area (Å²) in [7, 11) is 0. The van der Waals surface area contributed by atoms with Crippen LogP contribution < -0.4 is 24.3 Å². The van der Waals surface area contributed by atoms with Crippen molar-refractivity contribution < 1.29 is 18.9 Å². The number of nitrogens with one attached hydrogen (secondary N) is 1. The smallest absolute Gasteiger partial charge is 0.161 e. The average molecular weight is 636 g/mol. The van der Waals surface area contributed by atoms with Crippen molar-refractivity contribution in [2.45, 2.75) is 39.6 Å². The standard InChI is InChI=1S/C36H34ClN5O4/c1-25-29(4-2-5-31(25)28-6-7-33-36(16-28)44-13-12-43-33)23-46-35-17-34(45-22-27-14-26(18-38)19-41-20-27)30(15-32(35)37)21-39-8-3-10-42-11-9-40-24-42/h2,4-7,9,11,14-17,19-20,24,39H,3,8,10,12-13,21-23H2,1H3. The van der Waals surface area contributed by atoms with Gasteiger partial charge >= 0.3 is 0 Å². The Morgan fingerprint density at radius 2 is 1.83 bits per heavy atom. The number of fused-ring (bicyclic) bond motifs is 1. The third-order valence-electron chi connectivity index (χ3n) is 7.76. The van der Waals surface area contributed by atoms with Gasteiger partial charge in [0.15, 0.2) is 11.5 Å². The van der Waals surface area contributed by atoms with Gasteiger partial charge in [-0.1, -0.05) is 35.9 Å². The van der Waals surface area contributed by atoms with Gasteiger partial charge in [-0.05, 0) is 66.4 Å². The molecule has 0 aliphatic carbocycles.